The summed E-state index contributed by atoms with van der Waals surface area (Å²) in [6.45, 7) is 0. The molecule has 4 rings (SSSR count). The van der Waals surface area contributed by atoms with Crippen LogP contribution in [0.5, 0.6) is 0 Å². The number of rotatable bonds is 8. The van der Waals surface area contributed by atoms with E-state index < -0.39 is 0 Å². The van der Waals surface area contributed by atoms with Crippen molar-refractivity contribution in [2.45, 2.75) is 6.42 Å². The monoisotopic (exact) mass is 426 g/mol. The number of benzene rings is 4. The van der Waals surface area contributed by atoms with E-state index in [0.29, 0.717) is 0 Å². The van der Waals surface area contributed by atoms with Gasteiger partial charge < -0.3 is 0 Å². The molecule has 33 heavy (non-hydrogen) atoms. The maximum absolute atomic E-state index is 4.50. The van der Waals surface area contributed by atoms with Gasteiger partial charge in [-0.3, -0.25) is 9.98 Å². The van der Waals surface area contributed by atoms with Crippen molar-refractivity contribution in [3.63, 3.8) is 0 Å². The first-order chi connectivity index (χ1) is 16.3. The van der Waals surface area contributed by atoms with Crippen molar-refractivity contribution in [2.75, 3.05) is 0 Å². The highest BCUT2D eigenvalue weighted by Gasteiger charge is 1.97. The second-order valence-corrected chi connectivity index (χ2v) is 7.61. The van der Waals surface area contributed by atoms with Crippen LogP contribution >= 0.6 is 0 Å². The van der Waals surface area contributed by atoms with Crippen molar-refractivity contribution in [3.8, 4) is 0 Å². The number of aliphatic imine (C=N–C) groups is 2. The third-order valence-corrected chi connectivity index (χ3v) is 5.08. The summed E-state index contributed by atoms with van der Waals surface area (Å²) >= 11 is 0. The molecule has 0 spiro atoms. The van der Waals surface area contributed by atoms with E-state index in [4.69, 9.17) is 0 Å². The van der Waals surface area contributed by atoms with Crippen molar-refractivity contribution in [3.05, 3.63) is 144 Å². The smallest absolute Gasteiger partial charge is 0.0629 e. The molecule has 0 radical (unpaired) electrons. The average molecular weight is 427 g/mol. The molecule has 0 bridgehead atoms. The van der Waals surface area contributed by atoms with Gasteiger partial charge in [0.15, 0.2) is 0 Å². The number of hydrogen-bond donors (Lipinski definition) is 0. The molecule has 0 amide bonds. The molecule has 0 unspecified atom stereocenters. The van der Waals surface area contributed by atoms with E-state index in [2.05, 4.69) is 82.8 Å². The highest BCUT2D eigenvalue weighted by Crippen LogP contribution is 2.18. The molecule has 2 nitrogen and oxygen atoms in total. The molecule has 160 valence electrons. The van der Waals surface area contributed by atoms with Gasteiger partial charge in [0.1, 0.15) is 0 Å². The Bertz CT molecular complexity index is 1130. The Morgan fingerprint density at radius 3 is 1.24 bits per heavy atom. The molecule has 0 heterocycles. The zero-order valence-electron chi connectivity index (χ0n) is 18.5. The first kappa shape index (κ1) is 21.9. The third-order valence-electron chi connectivity index (χ3n) is 5.08. The minimum Gasteiger partial charge on any atom is -0.257 e. The zero-order chi connectivity index (χ0) is 22.6. The van der Waals surface area contributed by atoms with Crippen LogP contribution in [0.4, 0.5) is 11.4 Å². The molecular weight excluding hydrogens is 400 g/mol. The van der Waals surface area contributed by atoms with Gasteiger partial charge in [0, 0.05) is 12.4 Å². The Hall–Kier alpha value is -4.30. The molecule has 2 heteroatoms. The summed E-state index contributed by atoms with van der Waals surface area (Å²) in [6.07, 6.45) is 12.6. The number of allylic oxidation sites excluding steroid dienone is 2. The van der Waals surface area contributed by atoms with E-state index in [-0.39, 0.29) is 0 Å². The van der Waals surface area contributed by atoms with E-state index in [1.165, 1.54) is 22.3 Å². The quantitative estimate of drug-likeness (QED) is 0.254. The van der Waals surface area contributed by atoms with E-state index >= 15 is 0 Å². The molecule has 4 aromatic rings. The standard InChI is InChI=1S/C31H26N2/c1-3-9-26(10-4-1)13-7-23-32-30-19-15-28(16-20-30)25-29-17-21-31(22-18-29)33-24-8-14-27-11-5-2-6-12-27/h1-24H,25H2. The van der Waals surface area contributed by atoms with Gasteiger partial charge in [-0.05, 0) is 65.1 Å². The van der Waals surface area contributed by atoms with Gasteiger partial charge in [0.25, 0.3) is 0 Å². The summed E-state index contributed by atoms with van der Waals surface area (Å²) in [5, 5.41) is 0. The maximum atomic E-state index is 4.50. The zero-order valence-corrected chi connectivity index (χ0v) is 18.5. The van der Waals surface area contributed by atoms with Gasteiger partial charge in [0.2, 0.25) is 0 Å². The SMILES string of the molecule is C(=Cc1ccccc1)C=Nc1ccc(Cc2ccc(N=CC=Cc3ccccc3)cc2)cc1. The minimum absolute atomic E-state index is 0.885. The Kier molecular flexibility index (Phi) is 7.92. The van der Waals surface area contributed by atoms with Crippen molar-refractivity contribution in [1.29, 1.82) is 0 Å². The van der Waals surface area contributed by atoms with Crippen LogP contribution < -0.4 is 0 Å². The van der Waals surface area contributed by atoms with Crippen LogP contribution in [0, 0.1) is 0 Å². The van der Waals surface area contributed by atoms with Gasteiger partial charge in [-0.1, -0.05) is 97.1 Å². The predicted molar refractivity (Wildman–Crippen MR) is 143 cm³/mol. The fourth-order valence-corrected chi connectivity index (χ4v) is 3.33. The number of nitrogens with zero attached hydrogens (tertiary/aromatic N) is 2. The molecule has 0 atom stereocenters. The molecule has 0 aliphatic rings. The first-order valence-electron chi connectivity index (χ1n) is 11.0. The third kappa shape index (κ3) is 7.41. The van der Waals surface area contributed by atoms with Crippen LogP contribution in [0.25, 0.3) is 12.2 Å². The highest BCUT2D eigenvalue weighted by atomic mass is 14.7. The molecule has 0 aliphatic heterocycles. The summed E-state index contributed by atoms with van der Waals surface area (Å²) in [7, 11) is 0. The lowest BCUT2D eigenvalue weighted by atomic mass is 10.0. The van der Waals surface area contributed by atoms with E-state index in [1.807, 2.05) is 73.1 Å². The van der Waals surface area contributed by atoms with Crippen molar-refractivity contribution >= 4 is 36.0 Å². The minimum atomic E-state index is 0.885. The van der Waals surface area contributed by atoms with E-state index in [1.54, 1.807) is 0 Å². The molecule has 0 aliphatic carbocycles. The maximum Gasteiger partial charge on any atom is 0.0629 e. The largest absolute Gasteiger partial charge is 0.257 e. The second-order valence-electron chi connectivity index (χ2n) is 7.61. The van der Waals surface area contributed by atoms with Crippen LogP contribution in [0.15, 0.2) is 131 Å². The van der Waals surface area contributed by atoms with Crippen LogP contribution in [-0.4, -0.2) is 12.4 Å². The summed E-state index contributed by atoms with van der Waals surface area (Å²) in [5.74, 6) is 0. The van der Waals surface area contributed by atoms with Crippen molar-refractivity contribution < 1.29 is 0 Å². The molecular formula is C31H26N2. The Morgan fingerprint density at radius 1 is 0.455 bits per heavy atom. The predicted octanol–water partition coefficient (Wildman–Crippen LogP) is 8.11. The lowest BCUT2D eigenvalue weighted by Crippen LogP contribution is -1.86. The summed E-state index contributed by atoms with van der Waals surface area (Å²) in [4.78, 5) is 9.01. The van der Waals surface area contributed by atoms with Crippen molar-refractivity contribution in [2.24, 2.45) is 9.98 Å². The van der Waals surface area contributed by atoms with Crippen molar-refractivity contribution in [1.82, 2.24) is 0 Å². The van der Waals surface area contributed by atoms with Gasteiger partial charge in [0.05, 0.1) is 11.4 Å². The first-order valence-corrected chi connectivity index (χ1v) is 11.0. The van der Waals surface area contributed by atoms with E-state index in [0.717, 1.165) is 17.8 Å². The molecule has 0 saturated carbocycles. The molecule has 0 fully saturated rings. The Morgan fingerprint density at radius 2 is 0.848 bits per heavy atom. The van der Waals surface area contributed by atoms with Crippen LogP contribution in [0.1, 0.15) is 22.3 Å². The summed E-state index contributed by atoms with van der Waals surface area (Å²) in [5.41, 5.74) is 6.75. The molecule has 0 aromatic heterocycles. The average Bonchev–Trinajstić information content (AvgIpc) is 2.88. The molecule has 0 saturated heterocycles. The fourth-order valence-electron chi connectivity index (χ4n) is 3.33. The van der Waals surface area contributed by atoms with Gasteiger partial charge in [-0.25, -0.2) is 0 Å². The van der Waals surface area contributed by atoms with Crippen LogP contribution in [0.2, 0.25) is 0 Å². The van der Waals surface area contributed by atoms with E-state index in [9.17, 15) is 0 Å². The summed E-state index contributed by atoms with van der Waals surface area (Å²) in [6, 6.07) is 37.2. The lowest BCUT2D eigenvalue weighted by Gasteiger charge is -2.03. The van der Waals surface area contributed by atoms with Gasteiger partial charge in [-0.15, -0.1) is 0 Å². The number of hydrogen-bond acceptors (Lipinski definition) is 2. The highest BCUT2D eigenvalue weighted by molar-refractivity contribution is 5.81. The Labute approximate surface area is 196 Å². The van der Waals surface area contributed by atoms with Gasteiger partial charge >= 0.3 is 0 Å². The Balaban J connectivity index is 1.28. The van der Waals surface area contributed by atoms with Crippen LogP contribution in [-0.2, 0) is 6.42 Å². The second kappa shape index (κ2) is 11.9. The topological polar surface area (TPSA) is 24.7 Å². The normalized spacial score (nSPS) is 11.9. The molecule has 0 N–H and O–H groups in total. The van der Waals surface area contributed by atoms with Gasteiger partial charge in [-0.2, -0.15) is 0 Å². The van der Waals surface area contributed by atoms with Crippen LogP contribution in [0.3, 0.4) is 0 Å². The molecule has 4 aromatic carbocycles. The lowest BCUT2D eigenvalue weighted by molar-refractivity contribution is 1.19. The summed E-state index contributed by atoms with van der Waals surface area (Å²) < 4.78 is 0. The fraction of sp³-hybridized carbons (Fsp3) is 0.0323.